The lowest BCUT2D eigenvalue weighted by molar-refractivity contribution is -0.137. The Hall–Kier alpha value is -2.58. The zero-order chi connectivity index (χ0) is 20.5. The van der Waals surface area contributed by atoms with Crippen molar-refractivity contribution < 1.29 is 18.3 Å². The molecule has 0 saturated heterocycles. The summed E-state index contributed by atoms with van der Waals surface area (Å²) >= 11 is 5.96. The summed E-state index contributed by atoms with van der Waals surface area (Å²) in [5.74, 6) is -0.926. The van der Waals surface area contributed by atoms with E-state index in [4.69, 9.17) is 16.7 Å². The van der Waals surface area contributed by atoms with Gasteiger partial charge in [-0.1, -0.05) is 17.7 Å². The van der Waals surface area contributed by atoms with E-state index < -0.39 is 16.0 Å². The molecule has 3 rings (SSSR count). The van der Waals surface area contributed by atoms with E-state index in [1.54, 1.807) is 30.3 Å². The Bertz CT molecular complexity index is 1140. The van der Waals surface area contributed by atoms with E-state index in [2.05, 4.69) is 4.98 Å². The highest BCUT2D eigenvalue weighted by Crippen LogP contribution is 2.28. The molecular formula is C19H20ClN3O4S. The maximum Gasteiger partial charge on any atom is 0.303 e. The maximum atomic E-state index is 13.5. The maximum absolute atomic E-state index is 13.5. The molecule has 0 bridgehead atoms. The van der Waals surface area contributed by atoms with E-state index in [0.717, 1.165) is 5.69 Å². The fraction of sp³-hybridized carbons (Fsp3) is 0.263. The number of carbonyl (C=O) groups is 1. The van der Waals surface area contributed by atoms with Gasteiger partial charge in [-0.15, -0.1) is 0 Å². The molecule has 148 valence electrons. The van der Waals surface area contributed by atoms with E-state index in [9.17, 15) is 13.2 Å². The molecule has 0 fully saturated rings. The van der Waals surface area contributed by atoms with Gasteiger partial charge in [0.25, 0.3) is 10.0 Å². The van der Waals surface area contributed by atoms with Crippen LogP contribution in [0.4, 0.5) is 5.69 Å². The summed E-state index contributed by atoms with van der Waals surface area (Å²) in [7, 11) is -0.246. The Labute approximate surface area is 168 Å². The predicted molar refractivity (Wildman–Crippen MR) is 109 cm³/mol. The number of halogens is 1. The zero-order valence-electron chi connectivity index (χ0n) is 15.5. The third-order valence-corrected chi connectivity index (χ3v) is 6.32. The van der Waals surface area contributed by atoms with Crippen LogP contribution in [-0.2, 0) is 21.2 Å². The van der Waals surface area contributed by atoms with Crippen LogP contribution in [0.5, 0.6) is 0 Å². The quantitative estimate of drug-likeness (QED) is 0.588. The van der Waals surface area contributed by atoms with Gasteiger partial charge in [0.15, 0.2) is 0 Å². The molecule has 0 atom stereocenters. The topological polar surface area (TPSA) is 92.5 Å². The molecule has 0 aliphatic carbocycles. The molecular weight excluding hydrogens is 402 g/mol. The number of aliphatic carboxylic acids is 1. The normalized spacial score (nSPS) is 11.7. The van der Waals surface area contributed by atoms with E-state index >= 15 is 0 Å². The van der Waals surface area contributed by atoms with Crippen LogP contribution in [0.3, 0.4) is 0 Å². The van der Waals surface area contributed by atoms with Crippen molar-refractivity contribution in [3.8, 4) is 0 Å². The Kier molecular flexibility index (Phi) is 5.62. The number of nitrogens with zero attached hydrogens (tertiary/aromatic N) is 3. The number of anilines is 1. The van der Waals surface area contributed by atoms with Gasteiger partial charge in [0.05, 0.1) is 15.9 Å². The molecule has 0 amide bonds. The minimum atomic E-state index is -3.91. The first kappa shape index (κ1) is 20.2. The van der Waals surface area contributed by atoms with Crippen LogP contribution in [0.25, 0.3) is 11.0 Å². The van der Waals surface area contributed by atoms with Gasteiger partial charge in [0.2, 0.25) is 0 Å². The lowest BCUT2D eigenvalue weighted by atomic mass is 10.2. The number of carboxylic acids is 1. The van der Waals surface area contributed by atoms with Gasteiger partial charge in [-0.25, -0.2) is 17.4 Å². The second-order valence-electron chi connectivity index (χ2n) is 6.58. The van der Waals surface area contributed by atoms with Crippen LogP contribution in [0, 0.1) is 0 Å². The van der Waals surface area contributed by atoms with E-state index in [1.165, 1.54) is 10.0 Å². The molecule has 0 spiro atoms. The summed E-state index contributed by atoms with van der Waals surface area (Å²) in [6.45, 7) is 0. The number of fused-ring (bicyclic) bond motifs is 1. The largest absolute Gasteiger partial charge is 0.481 e. The van der Waals surface area contributed by atoms with Crippen molar-refractivity contribution in [1.29, 1.82) is 0 Å². The predicted octanol–water partition coefficient (Wildman–Crippen LogP) is 3.40. The van der Waals surface area contributed by atoms with Crippen molar-refractivity contribution in [3.05, 3.63) is 53.3 Å². The molecule has 2 heterocycles. The Morgan fingerprint density at radius 3 is 2.64 bits per heavy atom. The van der Waals surface area contributed by atoms with Gasteiger partial charge >= 0.3 is 5.97 Å². The molecule has 0 radical (unpaired) electrons. The van der Waals surface area contributed by atoms with Gasteiger partial charge in [0.1, 0.15) is 5.15 Å². The summed E-state index contributed by atoms with van der Waals surface area (Å²) in [5, 5.41) is 9.16. The minimum Gasteiger partial charge on any atom is -0.481 e. The summed E-state index contributed by atoms with van der Waals surface area (Å²) in [6, 6.07) is 11.4. The highest BCUT2D eigenvalue weighted by molar-refractivity contribution is 7.90. The lowest BCUT2D eigenvalue weighted by Crippen LogP contribution is -2.17. The fourth-order valence-electron chi connectivity index (χ4n) is 3.00. The second-order valence-corrected chi connectivity index (χ2v) is 8.76. The number of aryl methyl sites for hydroxylation is 1. The molecule has 9 heteroatoms. The minimum absolute atomic E-state index is 0.0497. The summed E-state index contributed by atoms with van der Waals surface area (Å²) in [6.07, 6.45) is 0.547. The summed E-state index contributed by atoms with van der Waals surface area (Å²) in [5.41, 5.74) is 2.09. The smallest absolute Gasteiger partial charge is 0.303 e. The van der Waals surface area contributed by atoms with E-state index in [-0.39, 0.29) is 22.9 Å². The Morgan fingerprint density at radius 1 is 1.21 bits per heavy atom. The van der Waals surface area contributed by atoms with Crippen molar-refractivity contribution in [3.63, 3.8) is 0 Å². The molecule has 0 aliphatic rings. The van der Waals surface area contributed by atoms with Gasteiger partial charge < -0.3 is 10.0 Å². The highest BCUT2D eigenvalue weighted by Gasteiger charge is 2.24. The molecule has 7 nitrogen and oxygen atoms in total. The first-order chi connectivity index (χ1) is 13.2. The van der Waals surface area contributed by atoms with E-state index in [0.29, 0.717) is 23.1 Å². The number of rotatable bonds is 7. The van der Waals surface area contributed by atoms with Crippen molar-refractivity contribution in [2.75, 3.05) is 19.0 Å². The molecule has 1 N–H and O–H groups in total. The lowest BCUT2D eigenvalue weighted by Gasteiger charge is -2.16. The molecule has 0 unspecified atom stereocenters. The zero-order valence-corrected chi connectivity index (χ0v) is 17.0. The monoisotopic (exact) mass is 421 g/mol. The van der Waals surface area contributed by atoms with Crippen LogP contribution < -0.4 is 4.90 Å². The first-order valence-electron chi connectivity index (χ1n) is 8.62. The summed E-state index contributed by atoms with van der Waals surface area (Å²) < 4.78 is 28.1. The van der Waals surface area contributed by atoms with Crippen molar-refractivity contribution in [2.24, 2.45) is 0 Å². The first-order valence-corrected chi connectivity index (χ1v) is 10.4. The summed E-state index contributed by atoms with van der Waals surface area (Å²) in [4.78, 5) is 17.0. The Balaban J connectivity index is 2.16. The number of aromatic nitrogens is 2. The number of pyridine rings is 1. The molecule has 3 aromatic rings. The highest BCUT2D eigenvalue weighted by atomic mass is 35.5. The third kappa shape index (κ3) is 3.98. The van der Waals surface area contributed by atoms with Crippen LogP contribution in [-0.4, -0.2) is 42.5 Å². The van der Waals surface area contributed by atoms with Crippen LogP contribution in [0.15, 0.2) is 47.4 Å². The van der Waals surface area contributed by atoms with Crippen molar-refractivity contribution in [2.45, 2.75) is 24.2 Å². The Morgan fingerprint density at radius 2 is 1.96 bits per heavy atom. The van der Waals surface area contributed by atoms with Crippen LogP contribution in [0.2, 0.25) is 5.15 Å². The SMILES string of the molecule is CN(C)c1cccc(S(=O)(=O)n2c(CCCC(=O)O)cc3nc(Cl)ccc32)c1. The number of carboxylic acid groups (broad SMARTS) is 1. The number of benzene rings is 1. The molecule has 28 heavy (non-hydrogen) atoms. The van der Waals surface area contributed by atoms with Gasteiger partial charge in [-0.2, -0.15) is 0 Å². The van der Waals surface area contributed by atoms with Crippen molar-refractivity contribution >= 4 is 44.3 Å². The second kappa shape index (κ2) is 7.81. The average Bonchev–Trinajstić information content (AvgIpc) is 2.99. The molecule has 2 aromatic heterocycles. The third-order valence-electron chi connectivity index (χ3n) is 4.35. The van der Waals surface area contributed by atoms with E-state index in [1.807, 2.05) is 25.1 Å². The van der Waals surface area contributed by atoms with Crippen molar-refractivity contribution in [1.82, 2.24) is 8.96 Å². The average molecular weight is 422 g/mol. The van der Waals surface area contributed by atoms with Gasteiger partial charge in [-0.3, -0.25) is 4.79 Å². The molecule has 0 aliphatic heterocycles. The van der Waals surface area contributed by atoms with Gasteiger partial charge in [-0.05, 0) is 49.2 Å². The van der Waals surface area contributed by atoms with Crippen LogP contribution in [0.1, 0.15) is 18.5 Å². The molecule has 0 saturated carbocycles. The van der Waals surface area contributed by atoms with Gasteiger partial charge in [0, 0.05) is 31.9 Å². The fourth-order valence-corrected chi connectivity index (χ4v) is 4.75. The standard InChI is InChI=1S/C19H20ClN3O4S/c1-22(2)13-5-3-7-15(11-13)28(26,27)23-14(6-4-8-19(24)25)12-16-17(23)9-10-18(20)21-16/h3,5,7,9-12H,4,6,8H2,1-2H3,(H,24,25). The van der Waals surface area contributed by atoms with Crippen LogP contribution >= 0.6 is 11.6 Å². The molecule has 1 aromatic carbocycles. The number of hydrogen-bond donors (Lipinski definition) is 1. The number of hydrogen-bond acceptors (Lipinski definition) is 5.